The zero-order chi connectivity index (χ0) is 22.1. The summed E-state index contributed by atoms with van der Waals surface area (Å²) in [5.74, 6) is 1.71. The Kier molecular flexibility index (Phi) is 5.23. The number of aromatic amines is 1. The fraction of sp³-hybridized carbons (Fsp3) is 0.240. The molecule has 162 valence electrons. The van der Waals surface area contributed by atoms with Gasteiger partial charge in [0, 0.05) is 37.0 Å². The number of hydrogen-bond acceptors (Lipinski definition) is 4. The number of ether oxygens (including phenoxy) is 1. The summed E-state index contributed by atoms with van der Waals surface area (Å²) >= 11 is 0. The summed E-state index contributed by atoms with van der Waals surface area (Å²) in [6.45, 7) is 1.29. The molecule has 5 rings (SSSR count). The van der Waals surface area contributed by atoms with Crippen molar-refractivity contribution in [2.75, 3.05) is 20.2 Å². The Hall–Kier alpha value is -3.87. The average molecular weight is 428 g/mol. The number of likely N-dealkylation sites (tertiary alicyclic amines) is 1. The minimum absolute atomic E-state index is 0.0759. The number of methoxy groups -OCH3 is 1. The van der Waals surface area contributed by atoms with Crippen molar-refractivity contribution in [3.8, 4) is 11.4 Å². The molecule has 7 nitrogen and oxygen atoms in total. The number of imidazole rings is 1. The van der Waals surface area contributed by atoms with Gasteiger partial charge in [-0.1, -0.05) is 12.1 Å². The lowest BCUT2D eigenvalue weighted by Gasteiger charge is -2.32. The second-order valence-corrected chi connectivity index (χ2v) is 8.05. The zero-order valence-electron chi connectivity index (χ0n) is 17.8. The molecule has 1 unspecified atom stereocenters. The summed E-state index contributed by atoms with van der Waals surface area (Å²) in [4.78, 5) is 35.7. The van der Waals surface area contributed by atoms with Gasteiger partial charge in [0.15, 0.2) is 0 Å². The average Bonchev–Trinajstić information content (AvgIpc) is 3.29. The predicted octanol–water partition coefficient (Wildman–Crippen LogP) is 3.74. The number of nitrogens with one attached hydrogen (secondary N) is 1. The number of hydrogen-bond donors (Lipinski definition) is 1. The molecule has 0 radical (unpaired) electrons. The molecule has 2 aromatic heterocycles. The number of piperidine rings is 1. The van der Waals surface area contributed by atoms with E-state index in [9.17, 15) is 9.59 Å². The van der Waals surface area contributed by atoms with Crippen molar-refractivity contribution in [2.45, 2.75) is 18.8 Å². The lowest BCUT2D eigenvalue weighted by Crippen LogP contribution is -2.39. The van der Waals surface area contributed by atoms with E-state index in [0.717, 1.165) is 29.7 Å². The second kappa shape index (κ2) is 8.34. The summed E-state index contributed by atoms with van der Waals surface area (Å²) in [5.41, 5.74) is 2.94. The van der Waals surface area contributed by atoms with Gasteiger partial charge in [0.05, 0.1) is 23.7 Å². The number of nitrogens with zero attached hydrogens (tertiary/aromatic N) is 3. The number of rotatable bonds is 4. The lowest BCUT2D eigenvalue weighted by molar-refractivity contribution is 0.0704. The fourth-order valence-electron chi connectivity index (χ4n) is 4.29. The van der Waals surface area contributed by atoms with Gasteiger partial charge in [0.1, 0.15) is 11.6 Å². The summed E-state index contributed by atoms with van der Waals surface area (Å²) < 4.78 is 6.68. The van der Waals surface area contributed by atoms with Crippen molar-refractivity contribution in [2.24, 2.45) is 0 Å². The van der Waals surface area contributed by atoms with Crippen LogP contribution in [0.1, 0.15) is 34.9 Å². The van der Waals surface area contributed by atoms with Crippen molar-refractivity contribution in [1.29, 1.82) is 0 Å². The van der Waals surface area contributed by atoms with E-state index in [-0.39, 0.29) is 17.4 Å². The highest BCUT2D eigenvalue weighted by molar-refractivity contribution is 5.94. The third kappa shape index (κ3) is 3.77. The third-order valence-electron chi connectivity index (χ3n) is 6.01. The van der Waals surface area contributed by atoms with Crippen molar-refractivity contribution >= 4 is 16.9 Å². The number of carbonyl (C=O) groups is 1. The maximum Gasteiger partial charge on any atom is 0.255 e. The number of aromatic nitrogens is 3. The van der Waals surface area contributed by atoms with Gasteiger partial charge < -0.3 is 14.6 Å². The Morgan fingerprint density at radius 1 is 1.09 bits per heavy atom. The van der Waals surface area contributed by atoms with Crippen molar-refractivity contribution < 1.29 is 9.53 Å². The summed E-state index contributed by atoms with van der Waals surface area (Å²) in [5, 5.41) is 0. The fourth-order valence-corrected chi connectivity index (χ4v) is 4.29. The molecule has 32 heavy (non-hydrogen) atoms. The van der Waals surface area contributed by atoms with Crippen LogP contribution in [0, 0.1) is 0 Å². The van der Waals surface area contributed by atoms with Gasteiger partial charge in [0.25, 0.3) is 11.5 Å². The molecule has 2 aromatic carbocycles. The van der Waals surface area contributed by atoms with Crippen LogP contribution in [0.15, 0.2) is 71.7 Å². The lowest BCUT2D eigenvalue weighted by atomic mass is 9.97. The van der Waals surface area contributed by atoms with Crippen LogP contribution in [0.5, 0.6) is 5.75 Å². The molecule has 4 aromatic rings. The van der Waals surface area contributed by atoms with E-state index in [0.29, 0.717) is 30.1 Å². The molecule has 7 heteroatoms. The van der Waals surface area contributed by atoms with Crippen LogP contribution in [0.4, 0.5) is 0 Å². The highest BCUT2D eigenvalue weighted by atomic mass is 16.5. The Morgan fingerprint density at radius 3 is 2.69 bits per heavy atom. The van der Waals surface area contributed by atoms with Crippen LogP contribution < -0.4 is 10.3 Å². The van der Waals surface area contributed by atoms with Gasteiger partial charge in [-0.15, -0.1) is 0 Å². The first kappa shape index (κ1) is 20.1. The SMILES string of the molecule is COc1ccc(-n2cc(C(=O)N3CCCC(c4nc5ccccc5[nH]4)C3)ccc2=O)cc1. The van der Waals surface area contributed by atoms with Crippen LogP contribution in [0.2, 0.25) is 0 Å². The van der Waals surface area contributed by atoms with Crippen molar-refractivity contribution in [3.05, 3.63) is 88.6 Å². The largest absolute Gasteiger partial charge is 0.497 e. The summed E-state index contributed by atoms with van der Waals surface area (Å²) in [7, 11) is 1.59. The topological polar surface area (TPSA) is 80.2 Å². The van der Waals surface area contributed by atoms with Gasteiger partial charge in [-0.05, 0) is 55.3 Å². The first-order valence-electron chi connectivity index (χ1n) is 10.7. The molecule has 0 spiro atoms. The Balaban J connectivity index is 1.39. The highest BCUT2D eigenvalue weighted by Gasteiger charge is 2.27. The maximum absolute atomic E-state index is 13.3. The quantitative estimate of drug-likeness (QED) is 0.537. The number of pyridine rings is 1. The molecule has 0 aliphatic carbocycles. The van der Waals surface area contributed by atoms with E-state index < -0.39 is 0 Å². The van der Waals surface area contributed by atoms with Crippen LogP contribution in [-0.4, -0.2) is 45.5 Å². The molecule has 3 heterocycles. The molecule has 1 saturated heterocycles. The first-order valence-corrected chi connectivity index (χ1v) is 10.7. The van der Waals surface area contributed by atoms with E-state index in [1.807, 2.05) is 29.2 Å². The van der Waals surface area contributed by atoms with Crippen molar-refractivity contribution in [3.63, 3.8) is 0 Å². The molecular weight excluding hydrogens is 404 g/mol. The number of amides is 1. The van der Waals surface area contributed by atoms with E-state index in [1.165, 1.54) is 10.6 Å². The Bertz CT molecular complexity index is 1290. The van der Waals surface area contributed by atoms with E-state index in [2.05, 4.69) is 4.98 Å². The van der Waals surface area contributed by atoms with Crippen LogP contribution in [-0.2, 0) is 0 Å². The summed E-state index contributed by atoms with van der Waals surface area (Å²) in [6.07, 6.45) is 3.51. The van der Waals surface area contributed by atoms with Gasteiger partial charge in [0.2, 0.25) is 0 Å². The normalized spacial score (nSPS) is 16.3. The van der Waals surface area contributed by atoms with Crippen LogP contribution >= 0.6 is 0 Å². The Morgan fingerprint density at radius 2 is 1.91 bits per heavy atom. The maximum atomic E-state index is 13.3. The highest BCUT2D eigenvalue weighted by Crippen LogP contribution is 2.27. The zero-order valence-corrected chi connectivity index (χ0v) is 17.8. The predicted molar refractivity (Wildman–Crippen MR) is 123 cm³/mol. The number of carbonyl (C=O) groups excluding carboxylic acids is 1. The third-order valence-corrected chi connectivity index (χ3v) is 6.01. The number of para-hydroxylation sites is 2. The second-order valence-electron chi connectivity index (χ2n) is 8.05. The number of fused-ring (bicyclic) bond motifs is 1. The molecule has 1 atom stereocenters. The minimum Gasteiger partial charge on any atom is -0.497 e. The van der Waals surface area contributed by atoms with Crippen LogP contribution in [0.3, 0.4) is 0 Å². The van der Waals surface area contributed by atoms with E-state index in [1.54, 1.807) is 43.6 Å². The monoisotopic (exact) mass is 428 g/mol. The molecular formula is C25H24N4O3. The van der Waals surface area contributed by atoms with Gasteiger partial charge in [-0.25, -0.2) is 4.98 Å². The molecule has 0 saturated carbocycles. The molecule has 1 fully saturated rings. The van der Waals surface area contributed by atoms with Crippen LogP contribution in [0.25, 0.3) is 16.7 Å². The number of H-pyrrole nitrogens is 1. The Labute approximate surface area is 185 Å². The van der Waals surface area contributed by atoms with Gasteiger partial charge in [-0.2, -0.15) is 0 Å². The molecule has 1 aliphatic rings. The summed E-state index contributed by atoms with van der Waals surface area (Å²) in [6, 6.07) is 18.2. The standard InChI is InChI=1S/C25H24N4O3/c1-32-20-11-9-19(10-12-20)29-16-18(8-13-23(29)30)25(31)28-14-4-5-17(15-28)24-26-21-6-2-3-7-22(21)27-24/h2-3,6-13,16-17H,4-5,14-15H2,1H3,(H,26,27). The number of benzene rings is 2. The molecule has 0 bridgehead atoms. The van der Waals surface area contributed by atoms with Gasteiger partial charge in [-0.3, -0.25) is 14.2 Å². The molecule has 1 aliphatic heterocycles. The van der Waals surface area contributed by atoms with E-state index >= 15 is 0 Å². The smallest absolute Gasteiger partial charge is 0.255 e. The van der Waals surface area contributed by atoms with E-state index in [4.69, 9.17) is 9.72 Å². The van der Waals surface area contributed by atoms with Gasteiger partial charge >= 0.3 is 0 Å². The molecule has 1 N–H and O–H groups in total. The van der Waals surface area contributed by atoms with Crippen molar-refractivity contribution in [1.82, 2.24) is 19.4 Å². The minimum atomic E-state index is -0.189. The molecule has 1 amide bonds. The first-order chi connectivity index (χ1) is 15.6.